The fraction of sp³-hybridized carbons (Fsp3) is 0.400. The van der Waals surface area contributed by atoms with E-state index in [4.69, 9.17) is 9.72 Å². The van der Waals surface area contributed by atoms with E-state index in [-0.39, 0.29) is 17.1 Å². The van der Waals surface area contributed by atoms with Crippen molar-refractivity contribution in [2.24, 2.45) is 0 Å². The normalized spacial score (nSPS) is 13.7. The maximum absolute atomic E-state index is 13.6. The number of fused-ring (bicyclic) bond motifs is 3. The molecule has 0 saturated heterocycles. The molecule has 1 aromatic carbocycles. The predicted molar refractivity (Wildman–Crippen MR) is 109 cm³/mol. The van der Waals surface area contributed by atoms with Gasteiger partial charge in [0.05, 0.1) is 12.0 Å². The molecule has 3 aromatic rings. The molecular weight excluding hydrogens is 383 g/mol. The van der Waals surface area contributed by atoms with Crippen molar-refractivity contribution < 1.29 is 9.13 Å². The Morgan fingerprint density at radius 3 is 2.93 bits per heavy atom. The van der Waals surface area contributed by atoms with E-state index in [2.05, 4.69) is 0 Å². The summed E-state index contributed by atoms with van der Waals surface area (Å²) in [7, 11) is 0. The molecule has 0 amide bonds. The van der Waals surface area contributed by atoms with Crippen molar-refractivity contribution in [3.05, 3.63) is 50.9 Å². The Kier molecular flexibility index (Phi) is 5.50. The molecule has 27 heavy (non-hydrogen) atoms. The number of hydrogen-bond acceptors (Lipinski definition) is 5. The number of aromatic nitrogens is 2. The fourth-order valence-corrected chi connectivity index (χ4v) is 5.64. The number of ether oxygens (including phenoxy) is 1. The number of aryl methyl sites for hydroxylation is 2. The zero-order valence-electron chi connectivity index (χ0n) is 15.2. The van der Waals surface area contributed by atoms with Crippen molar-refractivity contribution in [1.29, 1.82) is 0 Å². The Morgan fingerprint density at radius 2 is 2.11 bits per heavy atom. The SMILES string of the molecule is CCn1c(SCCOc2ccccc2F)nc2sc3c(c2c1=O)CCCC3. The number of para-hydroxylation sites is 1. The molecule has 0 N–H and O–H groups in total. The van der Waals surface area contributed by atoms with E-state index >= 15 is 0 Å². The van der Waals surface area contributed by atoms with Crippen LogP contribution in [-0.2, 0) is 19.4 Å². The fourth-order valence-electron chi connectivity index (χ4n) is 3.46. The van der Waals surface area contributed by atoms with Crippen molar-refractivity contribution in [3.8, 4) is 5.75 Å². The highest BCUT2D eigenvalue weighted by molar-refractivity contribution is 7.99. The minimum atomic E-state index is -0.364. The minimum Gasteiger partial charge on any atom is -0.490 e. The first-order valence-corrected chi connectivity index (χ1v) is 11.0. The lowest BCUT2D eigenvalue weighted by Gasteiger charge is -2.12. The molecule has 0 saturated carbocycles. The van der Waals surface area contributed by atoms with Crippen LogP contribution >= 0.6 is 23.1 Å². The van der Waals surface area contributed by atoms with Gasteiger partial charge in [-0.1, -0.05) is 23.9 Å². The lowest BCUT2D eigenvalue weighted by molar-refractivity contribution is 0.324. The quantitative estimate of drug-likeness (QED) is 0.340. The van der Waals surface area contributed by atoms with E-state index in [1.165, 1.54) is 34.7 Å². The third kappa shape index (κ3) is 3.62. The van der Waals surface area contributed by atoms with E-state index in [9.17, 15) is 9.18 Å². The van der Waals surface area contributed by atoms with E-state index in [0.717, 1.165) is 29.5 Å². The van der Waals surface area contributed by atoms with Crippen molar-refractivity contribution in [2.45, 2.75) is 44.3 Å². The molecule has 4 rings (SSSR count). The van der Waals surface area contributed by atoms with E-state index in [1.807, 2.05) is 6.92 Å². The number of benzene rings is 1. The Labute approximate surface area is 165 Å². The Morgan fingerprint density at radius 1 is 1.30 bits per heavy atom. The molecule has 7 heteroatoms. The van der Waals surface area contributed by atoms with Crippen LogP contribution in [0.15, 0.2) is 34.2 Å². The molecule has 0 spiro atoms. The smallest absolute Gasteiger partial charge is 0.263 e. The highest BCUT2D eigenvalue weighted by atomic mass is 32.2. The number of thioether (sulfide) groups is 1. The first-order chi connectivity index (χ1) is 13.2. The second-order valence-corrected chi connectivity index (χ2v) is 8.61. The zero-order valence-corrected chi connectivity index (χ0v) is 16.8. The van der Waals surface area contributed by atoms with Crippen LogP contribution < -0.4 is 10.3 Å². The zero-order chi connectivity index (χ0) is 18.8. The van der Waals surface area contributed by atoms with Crippen LogP contribution in [0.2, 0.25) is 0 Å². The molecule has 2 heterocycles. The summed E-state index contributed by atoms with van der Waals surface area (Å²) in [6.07, 6.45) is 4.38. The van der Waals surface area contributed by atoms with Crippen LogP contribution in [0.4, 0.5) is 4.39 Å². The molecule has 0 fully saturated rings. The minimum absolute atomic E-state index is 0.0689. The van der Waals surface area contributed by atoms with E-state index < -0.39 is 0 Å². The van der Waals surface area contributed by atoms with Crippen LogP contribution in [0.3, 0.4) is 0 Å². The first-order valence-electron chi connectivity index (χ1n) is 9.24. The number of thiophene rings is 1. The van der Waals surface area contributed by atoms with Crippen LogP contribution in [0.25, 0.3) is 10.2 Å². The summed E-state index contributed by atoms with van der Waals surface area (Å²) >= 11 is 3.15. The molecule has 4 nitrogen and oxygen atoms in total. The average Bonchev–Trinajstić information content (AvgIpc) is 3.05. The molecule has 142 valence electrons. The second-order valence-electron chi connectivity index (χ2n) is 6.46. The molecule has 1 aliphatic rings. The highest BCUT2D eigenvalue weighted by Gasteiger charge is 2.21. The molecule has 1 aliphatic carbocycles. The lowest BCUT2D eigenvalue weighted by Crippen LogP contribution is -2.23. The molecule has 0 bridgehead atoms. The average molecular weight is 405 g/mol. The first kappa shape index (κ1) is 18.5. The topological polar surface area (TPSA) is 44.1 Å². The van der Waals surface area contributed by atoms with E-state index in [0.29, 0.717) is 24.1 Å². The molecule has 0 aliphatic heterocycles. The molecular formula is C20H21FN2O2S2. The van der Waals surface area contributed by atoms with Crippen LogP contribution in [0.5, 0.6) is 5.75 Å². The van der Waals surface area contributed by atoms with Gasteiger partial charge in [0, 0.05) is 17.2 Å². The molecule has 0 radical (unpaired) electrons. The second kappa shape index (κ2) is 8.02. The Hall–Kier alpha value is -1.86. The van der Waals surface area contributed by atoms with Gasteiger partial charge < -0.3 is 4.74 Å². The summed E-state index contributed by atoms with van der Waals surface area (Å²) in [5.74, 6) is 0.481. The molecule has 0 unspecified atom stereocenters. The third-order valence-electron chi connectivity index (χ3n) is 4.76. The monoisotopic (exact) mass is 404 g/mol. The summed E-state index contributed by atoms with van der Waals surface area (Å²) in [4.78, 5) is 20.0. The van der Waals surface area contributed by atoms with Gasteiger partial charge in [-0.25, -0.2) is 9.37 Å². The van der Waals surface area contributed by atoms with Crippen molar-refractivity contribution in [3.63, 3.8) is 0 Å². The number of hydrogen-bond donors (Lipinski definition) is 0. The molecule has 0 atom stereocenters. The van der Waals surface area contributed by atoms with Gasteiger partial charge in [-0.15, -0.1) is 11.3 Å². The Balaban J connectivity index is 1.54. The summed E-state index contributed by atoms with van der Waals surface area (Å²) < 4.78 is 20.9. The van der Waals surface area contributed by atoms with Crippen LogP contribution in [0, 0.1) is 5.82 Å². The lowest BCUT2D eigenvalue weighted by atomic mass is 9.97. The maximum Gasteiger partial charge on any atom is 0.263 e. The third-order valence-corrected chi connectivity index (χ3v) is 6.89. The van der Waals surface area contributed by atoms with Gasteiger partial charge >= 0.3 is 0 Å². The van der Waals surface area contributed by atoms with Gasteiger partial charge in [0.2, 0.25) is 0 Å². The standard InChI is InChI=1S/C20H21FN2O2S2/c1-2-23-19(24)17-13-7-3-6-10-16(13)27-18(17)22-20(23)26-12-11-25-15-9-5-4-8-14(15)21/h4-5,8-9H,2-3,6-7,10-12H2,1H3. The van der Waals surface area contributed by atoms with Gasteiger partial charge in [-0.2, -0.15) is 0 Å². The highest BCUT2D eigenvalue weighted by Crippen LogP contribution is 2.34. The largest absolute Gasteiger partial charge is 0.490 e. The van der Waals surface area contributed by atoms with Gasteiger partial charge in [-0.05, 0) is 50.3 Å². The van der Waals surface area contributed by atoms with Crippen LogP contribution in [0.1, 0.15) is 30.2 Å². The van der Waals surface area contributed by atoms with Crippen molar-refractivity contribution in [2.75, 3.05) is 12.4 Å². The van der Waals surface area contributed by atoms with Crippen molar-refractivity contribution in [1.82, 2.24) is 9.55 Å². The summed E-state index contributed by atoms with van der Waals surface area (Å²) in [5.41, 5.74) is 1.29. The number of halogens is 1. The number of nitrogens with zero attached hydrogens (tertiary/aromatic N) is 2. The summed E-state index contributed by atoms with van der Waals surface area (Å²) in [6, 6.07) is 6.37. The summed E-state index contributed by atoms with van der Waals surface area (Å²) in [6.45, 7) is 2.90. The summed E-state index contributed by atoms with van der Waals surface area (Å²) in [5, 5.41) is 1.54. The van der Waals surface area contributed by atoms with Gasteiger partial charge in [0.25, 0.3) is 5.56 Å². The van der Waals surface area contributed by atoms with Gasteiger partial charge in [-0.3, -0.25) is 9.36 Å². The maximum atomic E-state index is 13.6. The van der Waals surface area contributed by atoms with Crippen molar-refractivity contribution >= 4 is 33.3 Å². The van der Waals surface area contributed by atoms with E-state index in [1.54, 1.807) is 34.1 Å². The van der Waals surface area contributed by atoms with Gasteiger partial charge in [0.15, 0.2) is 16.7 Å². The molecule has 2 aromatic heterocycles. The Bertz CT molecular complexity index is 1030. The van der Waals surface area contributed by atoms with Gasteiger partial charge in [0.1, 0.15) is 4.83 Å². The number of rotatable bonds is 6. The van der Waals surface area contributed by atoms with Crippen LogP contribution in [-0.4, -0.2) is 21.9 Å². The predicted octanol–water partition coefficient (Wildman–Crippen LogP) is 4.67.